The number of hydrogen-bond donors (Lipinski definition) is 2. The fourth-order valence-electron chi connectivity index (χ4n) is 0.653. The second-order valence-electron chi connectivity index (χ2n) is 2.76. The van der Waals surface area contributed by atoms with Crippen molar-refractivity contribution < 1.29 is 34.0 Å². The zero-order valence-corrected chi connectivity index (χ0v) is 10.2. The van der Waals surface area contributed by atoms with Crippen molar-refractivity contribution in [1.29, 1.82) is 0 Å². The van der Waals surface area contributed by atoms with Gasteiger partial charge in [0.15, 0.2) is 0 Å². The minimum atomic E-state index is -0.562. The Labute approximate surface area is 100 Å². The minimum Gasteiger partial charge on any atom is -0.394 e. The van der Waals surface area contributed by atoms with Crippen LogP contribution in [0.5, 0.6) is 0 Å². The summed E-state index contributed by atoms with van der Waals surface area (Å²) in [7, 11) is 0. The van der Waals surface area contributed by atoms with Crippen LogP contribution in [0, 0.1) is 0 Å². The van der Waals surface area contributed by atoms with Gasteiger partial charge in [0.1, 0.15) is 0 Å². The molecule has 0 saturated carbocycles. The molecule has 102 valence electrons. The summed E-state index contributed by atoms with van der Waals surface area (Å²) >= 11 is 0. The highest BCUT2D eigenvalue weighted by atomic mass is 16.6. The molecule has 0 aromatic rings. The first-order chi connectivity index (χ1) is 8.04. The van der Waals surface area contributed by atoms with Crippen LogP contribution < -0.4 is 0 Å². The maximum Gasteiger partial charge on any atom is 0.310 e. The first-order valence-corrected chi connectivity index (χ1v) is 5.10. The van der Waals surface area contributed by atoms with Crippen molar-refractivity contribution in [2.24, 2.45) is 0 Å². The Kier molecular flexibility index (Phi) is 16.2. The van der Waals surface area contributed by atoms with Crippen molar-refractivity contribution in [2.45, 2.75) is 13.8 Å². The van der Waals surface area contributed by atoms with Gasteiger partial charge in [0.05, 0.1) is 39.6 Å². The number of aliphatic hydroxyl groups excluding tert-OH is 2. The number of esters is 2. The summed E-state index contributed by atoms with van der Waals surface area (Å²) in [4.78, 5) is 19.6. The predicted octanol–water partition coefficient (Wildman–Crippen LogP) is -0.900. The summed E-state index contributed by atoms with van der Waals surface area (Å²) < 4.78 is 13.7. The van der Waals surface area contributed by atoms with Gasteiger partial charge in [-0.1, -0.05) is 0 Å². The lowest BCUT2D eigenvalue weighted by Crippen LogP contribution is -2.09. The van der Waals surface area contributed by atoms with Gasteiger partial charge in [-0.15, -0.1) is 0 Å². The number of hydrogen-bond acceptors (Lipinski definition) is 7. The molecule has 0 unspecified atom stereocenters. The highest BCUT2D eigenvalue weighted by molar-refractivity contribution is 5.82. The Balaban J connectivity index is 0. The van der Waals surface area contributed by atoms with Crippen LogP contribution >= 0.6 is 0 Å². The maximum absolute atomic E-state index is 9.81. The average Bonchev–Trinajstić information content (AvgIpc) is 2.22. The van der Waals surface area contributed by atoms with E-state index in [0.717, 1.165) is 0 Å². The van der Waals surface area contributed by atoms with Gasteiger partial charge in [0, 0.05) is 13.8 Å². The highest BCUT2D eigenvalue weighted by Gasteiger charge is 1.93. The molecule has 7 nitrogen and oxygen atoms in total. The van der Waals surface area contributed by atoms with Crippen molar-refractivity contribution >= 4 is 11.9 Å². The van der Waals surface area contributed by atoms with Gasteiger partial charge >= 0.3 is 11.9 Å². The van der Waals surface area contributed by atoms with Gasteiger partial charge in [0.25, 0.3) is 0 Å². The Morgan fingerprint density at radius 2 is 1.18 bits per heavy atom. The van der Waals surface area contributed by atoms with Crippen LogP contribution in [-0.2, 0) is 23.8 Å². The molecule has 0 spiro atoms. The second-order valence-corrected chi connectivity index (χ2v) is 2.76. The van der Waals surface area contributed by atoms with E-state index in [1.807, 2.05) is 0 Å². The average molecular weight is 252 g/mol. The standard InChI is InChI=1S/C6H14O4.C4H6O3/c7-1-3-9-5-6-10-4-2-8;1-3(5)7-4(2)6/h7-8H,1-6H2;1-2H3. The van der Waals surface area contributed by atoms with Crippen LogP contribution in [0.1, 0.15) is 13.8 Å². The highest BCUT2D eigenvalue weighted by Crippen LogP contribution is 1.76. The lowest BCUT2D eigenvalue weighted by Gasteiger charge is -2.01. The van der Waals surface area contributed by atoms with Gasteiger partial charge in [-0.05, 0) is 0 Å². The fraction of sp³-hybridized carbons (Fsp3) is 0.800. The topological polar surface area (TPSA) is 102 Å². The van der Waals surface area contributed by atoms with Crippen LogP contribution in [0.15, 0.2) is 0 Å². The summed E-state index contributed by atoms with van der Waals surface area (Å²) in [6.07, 6.45) is 0. The van der Waals surface area contributed by atoms with E-state index in [4.69, 9.17) is 19.7 Å². The zero-order valence-electron chi connectivity index (χ0n) is 10.2. The second kappa shape index (κ2) is 15.0. The number of aliphatic hydroxyl groups is 2. The molecule has 0 aromatic carbocycles. The normalized spacial score (nSPS) is 9.18. The number of ether oxygens (including phenoxy) is 3. The molecule has 0 rings (SSSR count). The third-order valence-corrected chi connectivity index (χ3v) is 1.13. The lowest BCUT2D eigenvalue weighted by molar-refractivity contribution is -0.156. The minimum absolute atomic E-state index is 0.0417. The first kappa shape index (κ1) is 18.3. The van der Waals surface area contributed by atoms with E-state index in [9.17, 15) is 9.59 Å². The van der Waals surface area contributed by atoms with Crippen LogP contribution in [0.3, 0.4) is 0 Å². The van der Waals surface area contributed by atoms with E-state index >= 15 is 0 Å². The smallest absolute Gasteiger partial charge is 0.310 e. The molecular formula is C10H20O7. The van der Waals surface area contributed by atoms with Crippen molar-refractivity contribution in [3.63, 3.8) is 0 Å². The van der Waals surface area contributed by atoms with Crippen LogP contribution in [0.4, 0.5) is 0 Å². The zero-order chi connectivity index (χ0) is 13.5. The van der Waals surface area contributed by atoms with Gasteiger partial charge in [-0.25, -0.2) is 0 Å². The Bertz CT molecular complexity index is 173. The molecule has 0 aliphatic rings. The molecule has 0 saturated heterocycles. The summed E-state index contributed by atoms with van der Waals surface area (Å²) in [6.45, 7) is 4.09. The van der Waals surface area contributed by atoms with Crippen LogP contribution in [0.2, 0.25) is 0 Å². The van der Waals surface area contributed by atoms with E-state index in [0.29, 0.717) is 26.4 Å². The van der Waals surface area contributed by atoms with E-state index in [1.165, 1.54) is 13.8 Å². The molecule has 0 heterocycles. The molecule has 0 aliphatic heterocycles. The number of rotatable bonds is 7. The van der Waals surface area contributed by atoms with Crippen molar-refractivity contribution in [3.8, 4) is 0 Å². The molecular weight excluding hydrogens is 232 g/mol. The van der Waals surface area contributed by atoms with Gasteiger partial charge in [0.2, 0.25) is 0 Å². The molecule has 0 aliphatic carbocycles. The fourth-order valence-corrected chi connectivity index (χ4v) is 0.653. The van der Waals surface area contributed by atoms with Crippen molar-refractivity contribution in [2.75, 3.05) is 39.6 Å². The lowest BCUT2D eigenvalue weighted by atomic mass is 10.7. The summed E-state index contributed by atoms with van der Waals surface area (Å²) in [5, 5.41) is 16.5. The molecule has 17 heavy (non-hydrogen) atoms. The SMILES string of the molecule is CC(=O)OC(C)=O.OCCOCCOCCO. The summed E-state index contributed by atoms with van der Waals surface area (Å²) in [6, 6.07) is 0. The molecule has 2 N–H and O–H groups in total. The van der Waals surface area contributed by atoms with Crippen LogP contribution in [-0.4, -0.2) is 61.8 Å². The molecule has 0 bridgehead atoms. The predicted molar refractivity (Wildman–Crippen MR) is 58.3 cm³/mol. The Morgan fingerprint density at radius 3 is 1.35 bits per heavy atom. The summed E-state index contributed by atoms with van der Waals surface area (Å²) in [5.41, 5.74) is 0. The van der Waals surface area contributed by atoms with Crippen LogP contribution in [0.25, 0.3) is 0 Å². The quantitative estimate of drug-likeness (QED) is 0.344. The third-order valence-electron chi connectivity index (χ3n) is 1.13. The maximum atomic E-state index is 9.81. The van der Waals surface area contributed by atoms with Gasteiger partial charge in [-0.2, -0.15) is 0 Å². The molecule has 0 aromatic heterocycles. The number of carbonyl (C=O) groups is 2. The van der Waals surface area contributed by atoms with Crippen molar-refractivity contribution in [1.82, 2.24) is 0 Å². The Hall–Kier alpha value is -1.02. The van der Waals surface area contributed by atoms with Gasteiger partial charge in [-0.3, -0.25) is 9.59 Å². The number of carbonyl (C=O) groups excluding carboxylic acids is 2. The first-order valence-electron chi connectivity index (χ1n) is 5.10. The third kappa shape index (κ3) is 25.3. The Morgan fingerprint density at radius 1 is 0.824 bits per heavy atom. The van der Waals surface area contributed by atoms with E-state index in [-0.39, 0.29) is 13.2 Å². The van der Waals surface area contributed by atoms with Crippen molar-refractivity contribution in [3.05, 3.63) is 0 Å². The molecule has 7 heteroatoms. The molecule has 0 fully saturated rings. The molecule has 0 amide bonds. The monoisotopic (exact) mass is 252 g/mol. The van der Waals surface area contributed by atoms with E-state index in [1.54, 1.807) is 0 Å². The largest absolute Gasteiger partial charge is 0.394 e. The summed E-state index contributed by atoms with van der Waals surface area (Å²) in [5.74, 6) is -1.12. The van der Waals surface area contributed by atoms with Gasteiger partial charge < -0.3 is 24.4 Å². The molecule has 0 atom stereocenters. The van der Waals surface area contributed by atoms with E-state index in [2.05, 4.69) is 4.74 Å². The molecule has 0 radical (unpaired) electrons. The van der Waals surface area contributed by atoms with E-state index < -0.39 is 11.9 Å².